The molecule has 0 spiro atoms. The van der Waals surface area contributed by atoms with Crippen molar-refractivity contribution in [2.75, 3.05) is 6.61 Å². The molecule has 0 saturated heterocycles. The van der Waals surface area contributed by atoms with Crippen molar-refractivity contribution in [1.29, 1.82) is 0 Å². The Morgan fingerprint density at radius 3 is 2.62 bits per heavy atom. The van der Waals surface area contributed by atoms with E-state index in [1.54, 1.807) is 6.07 Å². The Bertz CT molecular complexity index is 283. The molecule has 0 radical (unpaired) electrons. The Balaban J connectivity index is 2.55. The molecule has 1 rings (SSSR count). The Hall–Kier alpha value is -0.830. The van der Waals surface area contributed by atoms with Gasteiger partial charge in [0.2, 0.25) is 5.88 Å². The summed E-state index contributed by atoms with van der Waals surface area (Å²) in [6, 6.07) is 1.60. The number of nitrogens with zero attached hydrogens (tertiary/aromatic N) is 2. The SMILES string of the molecule is CC(C)(C)COc1cc(Cl)ncn1. The van der Waals surface area contributed by atoms with Crippen LogP contribution in [-0.4, -0.2) is 16.6 Å². The van der Waals surface area contributed by atoms with Gasteiger partial charge in [-0.2, -0.15) is 0 Å². The summed E-state index contributed by atoms with van der Waals surface area (Å²) in [6.07, 6.45) is 1.39. The Labute approximate surface area is 83.1 Å². The van der Waals surface area contributed by atoms with Gasteiger partial charge in [-0.1, -0.05) is 32.4 Å². The molecule has 72 valence electrons. The maximum atomic E-state index is 5.66. The van der Waals surface area contributed by atoms with Crippen LogP contribution < -0.4 is 4.74 Å². The molecule has 0 aliphatic rings. The van der Waals surface area contributed by atoms with Gasteiger partial charge in [0.1, 0.15) is 11.5 Å². The van der Waals surface area contributed by atoms with Crippen molar-refractivity contribution >= 4 is 11.6 Å². The second kappa shape index (κ2) is 3.92. The lowest BCUT2D eigenvalue weighted by Crippen LogP contribution is -2.17. The predicted molar refractivity (Wildman–Crippen MR) is 52.0 cm³/mol. The second-order valence-electron chi connectivity index (χ2n) is 4.03. The van der Waals surface area contributed by atoms with E-state index >= 15 is 0 Å². The van der Waals surface area contributed by atoms with Crippen LogP contribution in [0.4, 0.5) is 0 Å². The first-order chi connectivity index (χ1) is 5.97. The van der Waals surface area contributed by atoms with Crippen molar-refractivity contribution in [2.45, 2.75) is 20.8 Å². The first-order valence-corrected chi connectivity index (χ1v) is 4.45. The van der Waals surface area contributed by atoms with Gasteiger partial charge in [0, 0.05) is 6.07 Å². The first-order valence-electron chi connectivity index (χ1n) is 4.08. The van der Waals surface area contributed by atoms with E-state index in [-0.39, 0.29) is 5.41 Å². The maximum absolute atomic E-state index is 5.66. The molecule has 0 unspecified atom stereocenters. The average molecular weight is 201 g/mol. The van der Waals surface area contributed by atoms with E-state index in [0.717, 1.165) is 0 Å². The van der Waals surface area contributed by atoms with E-state index in [1.807, 2.05) is 0 Å². The molecule has 13 heavy (non-hydrogen) atoms. The maximum Gasteiger partial charge on any atom is 0.217 e. The summed E-state index contributed by atoms with van der Waals surface area (Å²) in [5, 5.41) is 0.402. The highest BCUT2D eigenvalue weighted by Gasteiger charge is 2.11. The van der Waals surface area contributed by atoms with E-state index in [0.29, 0.717) is 17.6 Å². The summed E-state index contributed by atoms with van der Waals surface area (Å²) in [5.41, 5.74) is 0.122. The fourth-order valence-corrected chi connectivity index (χ4v) is 0.824. The molecule has 0 aliphatic heterocycles. The van der Waals surface area contributed by atoms with Gasteiger partial charge in [-0.25, -0.2) is 9.97 Å². The van der Waals surface area contributed by atoms with Crippen LogP contribution in [0.25, 0.3) is 0 Å². The van der Waals surface area contributed by atoms with Crippen molar-refractivity contribution in [2.24, 2.45) is 5.41 Å². The summed E-state index contributed by atoms with van der Waals surface area (Å²) in [7, 11) is 0. The zero-order valence-electron chi connectivity index (χ0n) is 8.04. The van der Waals surface area contributed by atoms with Gasteiger partial charge in [0.15, 0.2) is 0 Å². The predicted octanol–water partition coefficient (Wildman–Crippen LogP) is 2.55. The lowest BCUT2D eigenvalue weighted by atomic mass is 9.99. The van der Waals surface area contributed by atoms with E-state index < -0.39 is 0 Å². The van der Waals surface area contributed by atoms with Crippen LogP contribution in [0.1, 0.15) is 20.8 Å². The van der Waals surface area contributed by atoms with E-state index in [4.69, 9.17) is 16.3 Å². The molecule has 0 bridgehead atoms. The summed E-state index contributed by atoms with van der Waals surface area (Å²) < 4.78 is 5.42. The highest BCUT2D eigenvalue weighted by atomic mass is 35.5. The number of ether oxygens (including phenoxy) is 1. The lowest BCUT2D eigenvalue weighted by molar-refractivity contribution is 0.191. The molecular weight excluding hydrogens is 188 g/mol. The smallest absolute Gasteiger partial charge is 0.217 e. The molecule has 1 heterocycles. The Morgan fingerprint density at radius 2 is 2.08 bits per heavy atom. The summed E-state index contributed by atoms with van der Waals surface area (Å²) in [5.74, 6) is 0.523. The first kappa shape index (κ1) is 10.3. The largest absolute Gasteiger partial charge is 0.477 e. The number of hydrogen-bond acceptors (Lipinski definition) is 3. The number of aromatic nitrogens is 2. The highest BCUT2D eigenvalue weighted by Crippen LogP contribution is 2.16. The average Bonchev–Trinajstić information content (AvgIpc) is 2.00. The molecule has 0 amide bonds. The molecule has 0 atom stereocenters. The van der Waals surface area contributed by atoms with Crippen molar-refractivity contribution in [3.05, 3.63) is 17.5 Å². The van der Waals surface area contributed by atoms with Gasteiger partial charge in [-0.3, -0.25) is 0 Å². The quantitative estimate of drug-likeness (QED) is 0.689. The summed E-state index contributed by atoms with van der Waals surface area (Å²) in [4.78, 5) is 7.68. The van der Waals surface area contributed by atoms with E-state index in [9.17, 15) is 0 Å². The number of halogens is 1. The van der Waals surface area contributed by atoms with Crippen molar-refractivity contribution in [3.8, 4) is 5.88 Å². The van der Waals surface area contributed by atoms with Crippen LogP contribution in [0.2, 0.25) is 5.15 Å². The van der Waals surface area contributed by atoms with Crippen LogP contribution in [-0.2, 0) is 0 Å². The topological polar surface area (TPSA) is 35.0 Å². The standard InChI is InChI=1S/C9H13ClN2O/c1-9(2,3)5-13-8-4-7(10)11-6-12-8/h4,6H,5H2,1-3H3. The molecule has 4 heteroatoms. The number of hydrogen-bond donors (Lipinski definition) is 0. The number of rotatable bonds is 2. The monoisotopic (exact) mass is 200 g/mol. The zero-order chi connectivity index (χ0) is 9.90. The van der Waals surface area contributed by atoms with Crippen LogP contribution >= 0.6 is 11.6 Å². The lowest BCUT2D eigenvalue weighted by Gasteiger charge is -2.17. The molecule has 3 nitrogen and oxygen atoms in total. The minimum absolute atomic E-state index is 0.122. The van der Waals surface area contributed by atoms with Crippen LogP contribution in [0.15, 0.2) is 12.4 Å². The van der Waals surface area contributed by atoms with Crippen LogP contribution in [0.5, 0.6) is 5.88 Å². The fourth-order valence-electron chi connectivity index (χ4n) is 0.687. The zero-order valence-corrected chi connectivity index (χ0v) is 8.80. The minimum Gasteiger partial charge on any atom is -0.477 e. The molecule has 0 N–H and O–H groups in total. The third-order valence-corrected chi connectivity index (χ3v) is 1.47. The summed E-state index contributed by atoms with van der Waals surface area (Å²) in [6.45, 7) is 6.89. The van der Waals surface area contributed by atoms with E-state index in [1.165, 1.54) is 6.33 Å². The normalized spacial score (nSPS) is 11.4. The molecule has 1 aromatic heterocycles. The van der Waals surface area contributed by atoms with Crippen LogP contribution in [0.3, 0.4) is 0 Å². The molecule has 0 saturated carbocycles. The third-order valence-electron chi connectivity index (χ3n) is 1.26. The minimum atomic E-state index is 0.122. The third kappa shape index (κ3) is 4.08. The summed E-state index contributed by atoms with van der Waals surface area (Å²) >= 11 is 5.66. The van der Waals surface area contributed by atoms with Gasteiger partial charge in [0.25, 0.3) is 0 Å². The second-order valence-corrected chi connectivity index (χ2v) is 4.42. The van der Waals surface area contributed by atoms with Gasteiger partial charge in [0.05, 0.1) is 6.61 Å². The van der Waals surface area contributed by atoms with Gasteiger partial charge in [-0.05, 0) is 5.41 Å². The van der Waals surface area contributed by atoms with Crippen molar-refractivity contribution in [1.82, 2.24) is 9.97 Å². The Kier molecular flexibility index (Phi) is 3.09. The molecular formula is C9H13ClN2O. The molecule has 1 aromatic rings. The van der Waals surface area contributed by atoms with Crippen molar-refractivity contribution in [3.63, 3.8) is 0 Å². The van der Waals surface area contributed by atoms with Gasteiger partial charge in [-0.15, -0.1) is 0 Å². The van der Waals surface area contributed by atoms with E-state index in [2.05, 4.69) is 30.7 Å². The van der Waals surface area contributed by atoms with Gasteiger partial charge >= 0.3 is 0 Å². The van der Waals surface area contributed by atoms with Crippen LogP contribution in [0, 0.1) is 5.41 Å². The Morgan fingerprint density at radius 1 is 1.38 bits per heavy atom. The molecule has 0 fully saturated rings. The highest BCUT2D eigenvalue weighted by molar-refractivity contribution is 6.29. The molecule has 0 aliphatic carbocycles. The van der Waals surface area contributed by atoms with Crippen molar-refractivity contribution < 1.29 is 4.74 Å². The fraction of sp³-hybridized carbons (Fsp3) is 0.556. The van der Waals surface area contributed by atoms with Gasteiger partial charge < -0.3 is 4.74 Å². The molecule has 0 aromatic carbocycles.